The lowest BCUT2D eigenvalue weighted by Gasteiger charge is -2.29. The zero-order valence-electron chi connectivity index (χ0n) is 13.7. The van der Waals surface area contributed by atoms with Crippen LogP contribution in [0.5, 0.6) is 0 Å². The summed E-state index contributed by atoms with van der Waals surface area (Å²) < 4.78 is 0. The van der Waals surface area contributed by atoms with Crippen LogP contribution in [0, 0.1) is 25.7 Å². The second-order valence-electron chi connectivity index (χ2n) is 6.71. The molecule has 1 nitrogen and oxygen atoms in total. The summed E-state index contributed by atoms with van der Waals surface area (Å²) in [5.41, 5.74) is 4.48. The van der Waals surface area contributed by atoms with Crippen molar-refractivity contribution >= 4 is 0 Å². The van der Waals surface area contributed by atoms with Crippen LogP contribution in [0.4, 0.5) is 0 Å². The number of rotatable bonds is 6. The van der Waals surface area contributed by atoms with Gasteiger partial charge >= 0.3 is 0 Å². The Bertz CT molecular complexity index is 404. The first-order valence-corrected chi connectivity index (χ1v) is 8.42. The number of nitrogens with one attached hydrogen (secondary N) is 1. The second-order valence-corrected chi connectivity index (χ2v) is 6.71. The third kappa shape index (κ3) is 3.63. The lowest BCUT2D eigenvalue weighted by atomic mass is 9.84. The van der Waals surface area contributed by atoms with Crippen molar-refractivity contribution in [3.63, 3.8) is 0 Å². The molecule has 0 bridgehead atoms. The Morgan fingerprint density at radius 3 is 2.45 bits per heavy atom. The van der Waals surface area contributed by atoms with E-state index in [1.54, 1.807) is 5.56 Å². The van der Waals surface area contributed by atoms with Crippen molar-refractivity contribution in [1.29, 1.82) is 0 Å². The first kappa shape index (κ1) is 15.6. The minimum Gasteiger partial charge on any atom is -0.313 e. The SMILES string of the molecule is CCCNC(Cc1c(C)cccc1C)C1CCCC1C. The summed E-state index contributed by atoms with van der Waals surface area (Å²) in [6.07, 6.45) is 6.68. The van der Waals surface area contributed by atoms with Crippen molar-refractivity contribution in [1.82, 2.24) is 5.32 Å². The molecule has 2 rings (SSSR count). The molecular weight excluding hydrogens is 242 g/mol. The van der Waals surface area contributed by atoms with Crippen LogP contribution in [0.25, 0.3) is 0 Å². The van der Waals surface area contributed by atoms with E-state index in [9.17, 15) is 0 Å². The highest BCUT2D eigenvalue weighted by Gasteiger charge is 2.30. The predicted octanol–water partition coefficient (Wildman–Crippen LogP) is 4.65. The van der Waals surface area contributed by atoms with Crippen LogP contribution in [0.1, 0.15) is 56.2 Å². The number of hydrogen-bond acceptors (Lipinski definition) is 1. The van der Waals surface area contributed by atoms with Gasteiger partial charge in [0.2, 0.25) is 0 Å². The summed E-state index contributed by atoms with van der Waals surface area (Å²) >= 11 is 0. The normalized spacial score (nSPS) is 24.0. The Hall–Kier alpha value is -0.820. The summed E-state index contributed by atoms with van der Waals surface area (Å²) in [5, 5.41) is 3.84. The highest BCUT2D eigenvalue weighted by molar-refractivity contribution is 5.34. The van der Waals surface area contributed by atoms with Gasteiger partial charge in [0.25, 0.3) is 0 Å². The summed E-state index contributed by atoms with van der Waals surface area (Å²) in [4.78, 5) is 0. The minimum atomic E-state index is 0.659. The van der Waals surface area contributed by atoms with Crippen molar-refractivity contribution in [2.24, 2.45) is 11.8 Å². The van der Waals surface area contributed by atoms with Gasteiger partial charge in [-0.3, -0.25) is 0 Å². The molecule has 1 N–H and O–H groups in total. The van der Waals surface area contributed by atoms with Crippen LogP contribution in [-0.2, 0) is 6.42 Å². The first-order chi connectivity index (χ1) is 9.63. The van der Waals surface area contributed by atoms with Crippen molar-refractivity contribution in [2.75, 3.05) is 6.54 Å². The second kappa shape index (κ2) is 7.26. The van der Waals surface area contributed by atoms with E-state index in [2.05, 4.69) is 51.2 Å². The van der Waals surface area contributed by atoms with Crippen LogP contribution < -0.4 is 5.32 Å². The maximum absolute atomic E-state index is 3.84. The zero-order chi connectivity index (χ0) is 14.5. The molecule has 112 valence electrons. The van der Waals surface area contributed by atoms with Crippen molar-refractivity contribution in [3.8, 4) is 0 Å². The molecule has 3 atom stereocenters. The van der Waals surface area contributed by atoms with E-state index in [1.165, 1.54) is 43.2 Å². The molecule has 20 heavy (non-hydrogen) atoms. The lowest BCUT2D eigenvalue weighted by molar-refractivity contribution is 0.295. The Labute approximate surface area is 125 Å². The van der Waals surface area contributed by atoms with Crippen LogP contribution >= 0.6 is 0 Å². The minimum absolute atomic E-state index is 0.659. The van der Waals surface area contributed by atoms with Gasteiger partial charge in [-0.2, -0.15) is 0 Å². The molecule has 0 aliphatic heterocycles. The highest BCUT2D eigenvalue weighted by atomic mass is 14.9. The number of benzene rings is 1. The van der Waals surface area contributed by atoms with Gasteiger partial charge < -0.3 is 5.32 Å². The molecule has 1 saturated carbocycles. The topological polar surface area (TPSA) is 12.0 Å². The Morgan fingerprint density at radius 1 is 1.20 bits per heavy atom. The summed E-state index contributed by atoms with van der Waals surface area (Å²) in [5.74, 6) is 1.74. The van der Waals surface area contributed by atoms with Crippen LogP contribution in [0.2, 0.25) is 0 Å². The Kier molecular flexibility index (Phi) is 5.65. The van der Waals surface area contributed by atoms with Gasteiger partial charge in [-0.15, -0.1) is 0 Å². The highest BCUT2D eigenvalue weighted by Crippen LogP contribution is 2.35. The van der Waals surface area contributed by atoms with E-state index in [0.717, 1.165) is 18.4 Å². The van der Waals surface area contributed by atoms with Crippen molar-refractivity contribution in [3.05, 3.63) is 34.9 Å². The fraction of sp³-hybridized carbons (Fsp3) is 0.684. The first-order valence-electron chi connectivity index (χ1n) is 8.42. The van der Waals surface area contributed by atoms with Gasteiger partial charge in [-0.25, -0.2) is 0 Å². The fourth-order valence-corrected chi connectivity index (χ4v) is 3.87. The molecule has 1 aliphatic carbocycles. The standard InChI is InChI=1S/C19H31N/c1-5-12-20-19(17-11-7-10-14(17)2)13-18-15(3)8-6-9-16(18)4/h6,8-9,14,17,19-20H,5,7,10-13H2,1-4H3. The molecule has 0 aromatic heterocycles. The smallest absolute Gasteiger partial charge is 0.0138 e. The average molecular weight is 273 g/mol. The van der Waals surface area contributed by atoms with Gasteiger partial charge in [0, 0.05) is 6.04 Å². The van der Waals surface area contributed by atoms with Gasteiger partial charge in [0.1, 0.15) is 0 Å². The van der Waals surface area contributed by atoms with Gasteiger partial charge in [0.05, 0.1) is 0 Å². The largest absolute Gasteiger partial charge is 0.313 e. The van der Waals surface area contributed by atoms with Crippen LogP contribution in [-0.4, -0.2) is 12.6 Å². The molecule has 0 saturated heterocycles. The Morgan fingerprint density at radius 2 is 1.90 bits per heavy atom. The molecule has 1 aromatic rings. The predicted molar refractivity (Wildman–Crippen MR) is 88.2 cm³/mol. The average Bonchev–Trinajstić information content (AvgIpc) is 2.84. The molecule has 0 radical (unpaired) electrons. The maximum Gasteiger partial charge on any atom is 0.0138 e. The lowest BCUT2D eigenvalue weighted by Crippen LogP contribution is -2.40. The van der Waals surface area contributed by atoms with Gasteiger partial charge in [-0.05, 0) is 68.2 Å². The van der Waals surface area contributed by atoms with Crippen molar-refractivity contribution in [2.45, 2.75) is 65.8 Å². The summed E-state index contributed by atoms with van der Waals surface area (Å²) in [7, 11) is 0. The van der Waals surface area contributed by atoms with Gasteiger partial charge in [-0.1, -0.05) is 44.9 Å². The maximum atomic E-state index is 3.84. The Balaban J connectivity index is 2.14. The van der Waals surface area contributed by atoms with Crippen LogP contribution in [0.15, 0.2) is 18.2 Å². The van der Waals surface area contributed by atoms with E-state index in [4.69, 9.17) is 0 Å². The molecule has 0 spiro atoms. The van der Waals surface area contributed by atoms with Crippen LogP contribution in [0.3, 0.4) is 0 Å². The zero-order valence-corrected chi connectivity index (χ0v) is 13.7. The third-order valence-electron chi connectivity index (χ3n) is 5.17. The molecule has 0 heterocycles. The molecular formula is C19H31N. The number of hydrogen-bond donors (Lipinski definition) is 1. The van der Waals surface area contributed by atoms with E-state index in [1.807, 2.05) is 0 Å². The summed E-state index contributed by atoms with van der Waals surface area (Å²) in [6, 6.07) is 7.36. The molecule has 1 aliphatic rings. The molecule has 1 fully saturated rings. The third-order valence-corrected chi connectivity index (χ3v) is 5.17. The molecule has 0 amide bonds. The molecule has 1 aromatic carbocycles. The van der Waals surface area contributed by atoms with E-state index >= 15 is 0 Å². The fourth-order valence-electron chi connectivity index (χ4n) is 3.87. The quantitative estimate of drug-likeness (QED) is 0.795. The van der Waals surface area contributed by atoms with E-state index in [-0.39, 0.29) is 0 Å². The van der Waals surface area contributed by atoms with Gasteiger partial charge in [0.15, 0.2) is 0 Å². The van der Waals surface area contributed by atoms with Crippen molar-refractivity contribution < 1.29 is 0 Å². The monoisotopic (exact) mass is 273 g/mol. The molecule has 1 heteroatoms. The van der Waals surface area contributed by atoms with E-state index in [0.29, 0.717) is 6.04 Å². The van der Waals surface area contributed by atoms with E-state index < -0.39 is 0 Å². The molecule has 3 unspecified atom stereocenters. The summed E-state index contributed by atoms with van der Waals surface area (Å²) in [6.45, 7) is 10.4. The number of aryl methyl sites for hydroxylation is 2.